The fraction of sp³-hybridized carbons (Fsp3) is 0.231. The summed E-state index contributed by atoms with van der Waals surface area (Å²) in [5.74, 6) is 1.93. The molecule has 0 bridgehead atoms. The van der Waals surface area contributed by atoms with Gasteiger partial charge in [0, 0.05) is 25.2 Å². The Bertz CT molecular complexity index is 589. The van der Waals surface area contributed by atoms with Gasteiger partial charge in [-0.15, -0.1) is 0 Å². The van der Waals surface area contributed by atoms with Gasteiger partial charge < -0.3 is 20.5 Å². The first kappa shape index (κ1) is 11.7. The molecule has 98 valence electrons. The normalized spacial score (nSPS) is 13.1. The van der Waals surface area contributed by atoms with Crippen molar-refractivity contribution in [2.75, 3.05) is 18.5 Å². The minimum atomic E-state index is 0.357. The van der Waals surface area contributed by atoms with Crippen molar-refractivity contribution in [3.8, 4) is 17.4 Å². The molecular formula is C13H14N4O2. The second-order valence-corrected chi connectivity index (χ2v) is 4.09. The molecule has 1 aliphatic rings. The molecule has 0 saturated heterocycles. The number of benzene rings is 1. The summed E-state index contributed by atoms with van der Waals surface area (Å²) in [7, 11) is 0. The fourth-order valence-electron chi connectivity index (χ4n) is 1.84. The molecule has 19 heavy (non-hydrogen) atoms. The number of nitrogens with zero attached hydrogens (tertiary/aromatic N) is 2. The summed E-state index contributed by atoms with van der Waals surface area (Å²) in [5.41, 5.74) is 7.24. The Morgan fingerprint density at radius 2 is 2.26 bits per heavy atom. The summed E-state index contributed by atoms with van der Waals surface area (Å²) < 4.78 is 11.2. The molecule has 0 aliphatic carbocycles. The number of hydrogen-bond donors (Lipinski definition) is 2. The third kappa shape index (κ3) is 2.58. The van der Waals surface area contributed by atoms with Crippen molar-refractivity contribution < 1.29 is 9.47 Å². The zero-order valence-corrected chi connectivity index (χ0v) is 10.3. The van der Waals surface area contributed by atoms with E-state index in [0.717, 1.165) is 23.7 Å². The Balaban J connectivity index is 1.82. The van der Waals surface area contributed by atoms with Crippen LogP contribution in [0.3, 0.4) is 0 Å². The summed E-state index contributed by atoms with van der Waals surface area (Å²) in [6.07, 6.45) is 1.44. The average Bonchev–Trinajstić information content (AvgIpc) is 2.47. The summed E-state index contributed by atoms with van der Waals surface area (Å²) in [4.78, 5) is 8.07. The van der Waals surface area contributed by atoms with Crippen LogP contribution in [0, 0.1) is 0 Å². The number of aromatic nitrogens is 2. The van der Waals surface area contributed by atoms with E-state index in [9.17, 15) is 0 Å². The fourth-order valence-corrected chi connectivity index (χ4v) is 1.84. The molecule has 1 aromatic carbocycles. The van der Waals surface area contributed by atoms with Gasteiger partial charge in [-0.3, -0.25) is 0 Å². The highest BCUT2D eigenvalue weighted by Crippen LogP contribution is 2.32. The quantitative estimate of drug-likeness (QED) is 0.868. The zero-order chi connectivity index (χ0) is 13.1. The van der Waals surface area contributed by atoms with Gasteiger partial charge >= 0.3 is 0 Å². The van der Waals surface area contributed by atoms with Crippen molar-refractivity contribution >= 4 is 5.69 Å². The van der Waals surface area contributed by atoms with E-state index < -0.39 is 0 Å². The van der Waals surface area contributed by atoms with Gasteiger partial charge in [0.1, 0.15) is 24.4 Å². The third-order valence-corrected chi connectivity index (χ3v) is 2.76. The van der Waals surface area contributed by atoms with Gasteiger partial charge in [0.25, 0.3) is 0 Å². The first-order chi connectivity index (χ1) is 9.35. The van der Waals surface area contributed by atoms with Crippen LogP contribution in [0.25, 0.3) is 0 Å². The molecular weight excluding hydrogens is 244 g/mol. The number of nitrogens with two attached hydrogens (primary N) is 1. The van der Waals surface area contributed by atoms with Crippen LogP contribution in [0.4, 0.5) is 5.69 Å². The number of hydrogen-bond acceptors (Lipinski definition) is 6. The maximum Gasteiger partial charge on any atom is 0.222 e. The predicted octanol–water partition coefficient (Wildman–Crippen LogP) is 1.53. The van der Waals surface area contributed by atoms with E-state index in [1.54, 1.807) is 6.07 Å². The van der Waals surface area contributed by atoms with E-state index in [2.05, 4.69) is 15.3 Å². The highest BCUT2D eigenvalue weighted by molar-refractivity contribution is 5.60. The van der Waals surface area contributed by atoms with E-state index in [0.29, 0.717) is 24.8 Å². The molecule has 2 aromatic rings. The number of rotatable bonds is 3. The van der Waals surface area contributed by atoms with E-state index in [4.69, 9.17) is 15.2 Å². The molecule has 6 nitrogen and oxygen atoms in total. The molecule has 1 aliphatic heterocycles. The predicted molar refractivity (Wildman–Crippen MR) is 70.4 cm³/mol. The lowest BCUT2D eigenvalue weighted by Gasteiger charge is -2.19. The van der Waals surface area contributed by atoms with Crippen LogP contribution < -0.4 is 20.5 Å². The van der Waals surface area contributed by atoms with E-state index in [1.807, 2.05) is 18.2 Å². The summed E-state index contributed by atoms with van der Waals surface area (Å²) in [6, 6.07) is 7.35. The number of fused-ring (bicyclic) bond motifs is 1. The SMILES string of the molecule is NCc1cc(Oc2ccc3c(c2)OCCN3)ncn1. The molecule has 0 unspecified atom stereocenters. The Labute approximate surface area is 110 Å². The lowest BCUT2D eigenvalue weighted by atomic mass is 10.2. The minimum Gasteiger partial charge on any atom is -0.489 e. The highest BCUT2D eigenvalue weighted by Gasteiger charge is 2.11. The number of nitrogens with one attached hydrogen (secondary N) is 1. The van der Waals surface area contributed by atoms with E-state index in [1.165, 1.54) is 6.33 Å². The first-order valence-electron chi connectivity index (χ1n) is 6.05. The first-order valence-corrected chi connectivity index (χ1v) is 6.05. The van der Waals surface area contributed by atoms with Gasteiger partial charge in [0.2, 0.25) is 5.88 Å². The molecule has 2 heterocycles. The topological polar surface area (TPSA) is 82.3 Å². The van der Waals surface area contributed by atoms with Crippen molar-refractivity contribution in [2.24, 2.45) is 5.73 Å². The van der Waals surface area contributed by atoms with Gasteiger partial charge in [-0.1, -0.05) is 0 Å². The van der Waals surface area contributed by atoms with Gasteiger partial charge in [-0.2, -0.15) is 0 Å². The monoisotopic (exact) mass is 258 g/mol. The lowest BCUT2D eigenvalue weighted by molar-refractivity contribution is 0.321. The van der Waals surface area contributed by atoms with Crippen molar-refractivity contribution in [1.29, 1.82) is 0 Å². The van der Waals surface area contributed by atoms with Gasteiger partial charge in [0.15, 0.2) is 0 Å². The number of ether oxygens (including phenoxy) is 2. The van der Waals surface area contributed by atoms with Gasteiger partial charge in [0.05, 0.1) is 11.4 Å². The standard InChI is InChI=1S/C13H14N4O2/c14-7-9-5-13(17-8-16-9)19-10-1-2-11-12(6-10)18-4-3-15-11/h1-2,5-6,8,15H,3-4,7,14H2. The summed E-state index contributed by atoms with van der Waals surface area (Å²) in [6.45, 7) is 1.83. The van der Waals surface area contributed by atoms with Crippen molar-refractivity contribution in [2.45, 2.75) is 6.54 Å². The van der Waals surface area contributed by atoms with Crippen LogP contribution in [0.1, 0.15) is 5.69 Å². The minimum absolute atomic E-state index is 0.357. The van der Waals surface area contributed by atoms with E-state index >= 15 is 0 Å². The highest BCUT2D eigenvalue weighted by atomic mass is 16.5. The molecule has 0 saturated carbocycles. The Kier molecular flexibility index (Phi) is 3.16. The maximum atomic E-state index is 5.67. The van der Waals surface area contributed by atoms with Crippen LogP contribution in [0.2, 0.25) is 0 Å². The second kappa shape index (κ2) is 5.11. The Morgan fingerprint density at radius 1 is 1.32 bits per heavy atom. The van der Waals surface area contributed by atoms with Crippen LogP contribution >= 0.6 is 0 Å². The third-order valence-electron chi connectivity index (χ3n) is 2.76. The molecule has 0 radical (unpaired) electrons. The molecule has 3 rings (SSSR count). The molecule has 0 atom stereocenters. The van der Waals surface area contributed by atoms with Crippen LogP contribution in [0.5, 0.6) is 17.4 Å². The molecule has 1 aromatic heterocycles. The Hall–Kier alpha value is -2.34. The maximum absolute atomic E-state index is 5.67. The molecule has 0 amide bonds. The van der Waals surface area contributed by atoms with E-state index in [-0.39, 0.29) is 0 Å². The van der Waals surface area contributed by atoms with Gasteiger partial charge in [-0.05, 0) is 12.1 Å². The largest absolute Gasteiger partial charge is 0.489 e. The smallest absolute Gasteiger partial charge is 0.222 e. The van der Waals surface area contributed by atoms with Crippen molar-refractivity contribution in [3.05, 3.63) is 36.3 Å². The van der Waals surface area contributed by atoms with Crippen LogP contribution in [-0.4, -0.2) is 23.1 Å². The molecule has 0 fully saturated rings. The van der Waals surface area contributed by atoms with Crippen LogP contribution in [0.15, 0.2) is 30.6 Å². The molecule has 0 spiro atoms. The zero-order valence-electron chi connectivity index (χ0n) is 10.3. The molecule has 6 heteroatoms. The summed E-state index contributed by atoms with van der Waals surface area (Å²) in [5, 5.41) is 3.25. The second-order valence-electron chi connectivity index (χ2n) is 4.09. The summed E-state index contributed by atoms with van der Waals surface area (Å²) >= 11 is 0. The van der Waals surface area contributed by atoms with Crippen molar-refractivity contribution in [3.63, 3.8) is 0 Å². The molecule has 3 N–H and O–H groups in total. The Morgan fingerprint density at radius 3 is 3.16 bits per heavy atom. The number of anilines is 1. The lowest BCUT2D eigenvalue weighted by Crippen LogP contribution is -2.17. The van der Waals surface area contributed by atoms with Gasteiger partial charge in [-0.25, -0.2) is 9.97 Å². The van der Waals surface area contributed by atoms with Crippen molar-refractivity contribution in [1.82, 2.24) is 9.97 Å². The van der Waals surface area contributed by atoms with Crippen LogP contribution in [-0.2, 0) is 6.54 Å². The average molecular weight is 258 g/mol.